The van der Waals surface area contributed by atoms with Crippen molar-refractivity contribution in [3.8, 4) is 6.01 Å². The molecule has 0 saturated carbocycles. The van der Waals surface area contributed by atoms with Crippen molar-refractivity contribution in [3.05, 3.63) is 24.2 Å². The van der Waals surface area contributed by atoms with Gasteiger partial charge in [0.2, 0.25) is 5.95 Å². The van der Waals surface area contributed by atoms with Crippen molar-refractivity contribution >= 4 is 27.8 Å². The Bertz CT molecular complexity index is 886. The maximum Gasteiger partial charge on any atom is 0.335 e. The summed E-state index contributed by atoms with van der Waals surface area (Å²) in [6, 6.07) is 1.77. The third kappa shape index (κ3) is 4.50. The zero-order valence-electron chi connectivity index (χ0n) is 14.0. The smallest absolute Gasteiger partial charge is 0.335 e. The number of carbonyl (C=O) groups is 1. The van der Waals surface area contributed by atoms with Crippen molar-refractivity contribution in [1.29, 1.82) is 0 Å². The first kappa shape index (κ1) is 18.3. The first-order valence-corrected chi connectivity index (χ1v) is 8.44. The average molecular weight is 367 g/mol. The lowest BCUT2D eigenvalue weighted by atomic mass is 10.4. The summed E-state index contributed by atoms with van der Waals surface area (Å²) in [4.78, 5) is 28.9. The van der Waals surface area contributed by atoms with Gasteiger partial charge in [-0.05, 0) is 19.1 Å². The molecule has 2 rings (SSSR count). The first-order chi connectivity index (χ1) is 11.7. The monoisotopic (exact) mass is 367 g/mol. The van der Waals surface area contributed by atoms with Gasteiger partial charge in [0.1, 0.15) is 16.5 Å². The summed E-state index contributed by atoms with van der Waals surface area (Å²) in [6.45, 7) is 1.57. The molecule has 0 fully saturated rings. The van der Waals surface area contributed by atoms with E-state index in [1.165, 1.54) is 30.3 Å². The van der Waals surface area contributed by atoms with Gasteiger partial charge in [-0.1, -0.05) is 0 Å². The molecule has 11 nitrogen and oxygen atoms in total. The Morgan fingerprint density at radius 3 is 2.60 bits per heavy atom. The minimum atomic E-state index is -4.15. The summed E-state index contributed by atoms with van der Waals surface area (Å²) in [6.07, 6.45) is 1.45. The van der Waals surface area contributed by atoms with Crippen LogP contribution in [0.2, 0.25) is 0 Å². The fourth-order valence-electron chi connectivity index (χ4n) is 1.84. The molecule has 0 atom stereocenters. The predicted octanol–water partition coefficient (Wildman–Crippen LogP) is 0.160. The van der Waals surface area contributed by atoms with Gasteiger partial charge in [0.25, 0.3) is 10.0 Å². The summed E-state index contributed by atoms with van der Waals surface area (Å²) in [7, 11) is 0.486. The number of pyridine rings is 1. The second-order valence-corrected chi connectivity index (χ2v) is 6.62. The number of aryl methyl sites for hydroxylation is 1. The molecule has 134 valence electrons. The number of urea groups is 1. The summed E-state index contributed by atoms with van der Waals surface area (Å²) in [5, 5.41) is 2.23. The number of hydrogen-bond acceptors (Lipinski definition) is 9. The third-order valence-corrected chi connectivity index (χ3v) is 4.18. The second kappa shape index (κ2) is 7.25. The van der Waals surface area contributed by atoms with E-state index in [4.69, 9.17) is 4.74 Å². The highest BCUT2D eigenvalue weighted by atomic mass is 32.2. The fraction of sp³-hybridized carbons (Fsp3) is 0.308. The highest BCUT2D eigenvalue weighted by Crippen LogP contribution is 2.20. The molecule has 2 N–H and O–H groups in total. The molecule has 0 aliphatic rings. The molecule has 0 radical (unpaired) electrons. The van der Waals surface area contributed by atoms with E-state index in [-0.39, 0.29) is 22.7 Å². The molecule has 2 heterocycles. The molecule has 0 unspecified atom stereocenters. The normalized spacial score (nSPS) is 10.9. The first-order valence-electron chi connectivity index (χ1n) is 6.95. The number of hydrogen-bond donors (Lipinski definition) is 2. The van der Waals surface area contributed by atoms with E-state index in [1.807, 2.05) is 4.72 Å². The van der Waals surface area contributed by atoms with Crippen LogP contribution in [0.5, 0.6) is 6.01 Å². The minimum absolute atomic E-state index is 0.00666. The number of ether oxygens (including phenoxy) is 1. The van der Waals surface area contributed by atoms with Crippen molar-refractivity contribution < 1.29 is 17.9 Å². The van der Waals surface area contributed by atoms with Crippen molar-refractivity contribution in [2.24, 2.45) is 0 Å². The molecule has 12 heteroatoms. The third-order valence-electron chi connectivity index (χ3n) is 2.83. The Morgan fingerprint density at radius 2 is 1.96 bits per heavy atom. The van der Waals surface area contributed by atoms with Gasteiger partial charge in [-0.2, -0.15) is 15.0 Å². The number of nitrogens with one attached hydrogen (secondary N) is 2. The van der Waals surface area contributed by atoms with Gasteiger partial charge in [-0.25, -0.2) is 22.9 Å². The SMILES string of the molecule is COc1nc(C)nc(NC(=O)NS(=O)(=O)c2cccnc2N(C)C)n1. The Morgan fingerprint density at radius 1 is 1.24 bits per heavy atom. The van der Waals surface area contributed by atoms with E-state index in [2.05, 4.69) is 25.3 Å². The van der Waals surface area contributed by atoms with Crippen LogP contribution in [0, 0.1) is 6.92 Å². The number of carbonyl (C=O) groups excluding carboxylic acids is 1. The fourth-order valence-corrected chi connectivity index (χ4v) is 2.97. The van der Waals surface area contributed by atoms with Crippen molar-refractivity contribution in [2.45, 2.75) is 11.8 Å². The molecule has 0 aromatic carbocycles. The van der Waals surface area contributed by atoms with Gasteiger partial charge in [0.05, 0.1) is 7.11 Å². The molecule has 0 saturated heterocycles. The van der Waals surface area contributed by atoms with Crippen LogP contribution in [0.4, 0.5) is 16.6 Å². The second-order valence-electron chi connectivity index (χ2n) is 4.97. The summed E-state index contributed by atoms with van der Waals surface area (Å²) >= 11 is 0. The summed E-state index contributed by atoms with van der Waals surface area (Å²) < 4.78 is 31.6. The highest BCUT2D eigenvalue weighted by Gasteiger charge is 2.23. The Kier molecular flexibility index (Phi) is 5.32. The van der Waals surface area contributed by atoms with Crippen molar-refractivity contribution in [1.82, 2.24) is 24.7 Å². The van der Waals surface area contributed by atoms with Crippen molar-refractivity contribution in [2.75, 3.05) is 31.4 Å². The Hall–Kier alpha value is -3.02. The molecule has 0 aliphatic heterocycles. The largest absolute Gasteiger partial charge is 0.467 e. The van der Waals surface area contributed by atoms with Crippen LogP contribution >= 0.6 is 0 Å². The van der Waals surface area contributed by atoms with Gasteiger partial charge < -0.3 is 9.64 Å². The standard InChI is InChI=1S/C13H17N7O4S/c1-8-15-11(18-13(16-8)24-4)17-12(21)19-25(22,23)9-6-5-7-14-10(9)20(2)3/h5-7H,1-4H3,(H2,15,16,17,18,19,21). The quantitative estimate of drug-likeness (QED) is 0.756. The Balaban J connectivity index is 2.21. The van der Waals surface area contributed by atoms with E-state index in [0.717, 1.165) is 0 Å². The number of aromatic nitrogens is 4. The topological polar surface area (TPSA) is 139 Å². The summed E-state index contributed by atoms with van der Waals surface area (Å²) in [5.74, 6) is 0.351. The molecular weight excluding hydrogens is 350 g/mol. The maximum atomic E-state index is 12.4. The lowest BCUT2D eigenvalue weighted by Gasteiger charge is -2.16. The van der Waals surface area contributed by atoms with Crippen LogP contribution in [0.1, 0.15) is 5.82 Å². The van der Waals surface area contributed by atoms with Crippen LogP contribution in [0.3, 0.4) is 0 Å². The average Bonchev–Trinajstić information content (AvgIpc) is 2.53. The van der Waals surface area contributed by atoms with Gasteiger partial charge in [0, 0.05) is 20.3 Å². The number of anilines is 2. The van der Waals surface area contributed by atoms with Crippen LogP contribution in [-0.4, -0.2) is 55.6 Å². The number of sulfonamides is 1. The molecular formula is C13H17N7O4S. The van der Waals surface area contributed by atoms with Gasteiger partial charge in [0.15, 0.2) is 0 Å². The minimum Gasteiger partial charge on any atom is -0.467 e. The predicted molar refractivity (Wildman–Crippen MR) is 89.0 cm³/mol. The van der Waals surface area contributed by atoms with Gasteiger partial charge >= 0.3 is 12.0 Å². The number of methoxy groups -OCH3 is 1. The molecule has 25 heavy (non-hydrogen) atoms. The molecule has 0 spiro atoms. The van der Waals surface area contributed by atoms with Gasteiger partial charge in [-0.3, -0.25) is 5.32 Å². The van der Waals surface area contributed by atoms with E-state index < -0.39 is 16.1 Å². The number of rotatable bonds is 5. The van der Waals surface area contributed by atoms with E-state index in [9.17, 15) is 13.2 Å². The maximum absolute atomic E-state index is 12.4. The molecule has 0 bridgehead atoms. The zero-order chi connectivity index (χ0) is 18.6. The number of amides is 2. The van der Waals surface area contributed by atoms with E-state index in [1.54, 1.807) is 21.0 Å². The number of nitrogens with zero attached hydrogens (tertiary/aromatic N) is 5. The van der Waals surface area contributed by atoms with Crippen LogP contribution in [-0.2, 0) is 10.0 Å². The van der Waals surface area contributed by atoms with Gasteiger partial charge in [-0.15, -0.1) is 0 Å². The lowest BCUT2D eigenvalue weighted by Crippen LogP contribution is -2.35. The van der Waals surface area contributed by atoms with Crippen LogP contribution < -0.4 is 19.7 Å². The molecule has 0 aliphatic carbocycles. The molecule has 2 amide bonds. The molecule has 2 aromatic rings. The van der Waals surface area contributed by atoms with E-state index >= 15 is 0 Å². The van der Waals surface area contributed by atoms with Crippen LogP contribution in [0.25, 0.3) is 0 Å². The zero-order valence-corrected chi connectivity index (χ0v) is 14.8. The Labute approximate surface area is 144 Å². The summed E-state index contributed by atoms with van der Waals surface area (Å²) in [5.41, 5.74) is 0. The lowest BCUT2D eigenvalue weighted by molar-refractivity contribution is 0.256. The highest BCUT2D eigenvalue weighted by molar-refractivity contribution is 7.90. The van der Waals surface area contributed by atoms with E-state index in [0.29, 0.717) is 5.82 Å². The van der Waals surface area contributed by atoms with Crippen LogP contribution in [0.15, 0.2) is 23.2 Å². The molecule has 2 aromatic heterocycles. The van der Waals surface area contributed by atoms with Crippen molar-refractivity contribution in [3.63, 3.8) is 0 Å².